The molecule has 3 heterocycles. The number of nitrogens with zero attached hydrogens (tertiary/aromatic N) is 3. The van der Waals surface area contributed by atoms with Crippen LogP contribution in [0.25, 0.3) is 23.1 Å². The summed E-state index contributed by atoms with van der Waals surface area (Å²) in [6.07, 6.45) is 1.61. The van der Waals surface area contributed by atoms with Crippen molar-refractivity contribution >= 4 is 69.2 Å². The third kappa shape index (κ3) is 4.06. The van der Waals surface area contributed by atoms with Gasteiger partial charge < -0.3 is 4.42 Å². The van der Waals surface area contributed by atoms with Crippen molar-refractivity contribution in [3.05, 3.63) is 97.4 Å². The van der Waals surface area contributed by atoms with Gasteiger partial charge in [-0.05, 0) is 43.3 Å². The van der Waals surface area contributed by atoms with Gasteiger partial charge in [0.2, 0.25) is 0 Å². The standard InChI is InChI=1S/C25H17Cl2N3O3S2/c1-14-22(24(32)30(28(14)2)15-7-4-3-5-8-15)29-23(31)20(35-25(29)34)13-16-11-12-19(33-16)17-9-6-10-18(26)21(17)27/h3-13H,1-2H3/b20-13-. The second-order valence-electron chi connectivity index (χ2n) is 7.73. The van der Waals surface area contributed by atoms with E-state index >= 15 is 0 Å². The molecule has 1 saturated heterocycles. The fraction of sp³-hybridized carbons (Fsp3) is 0.0800. The molecule has 176 valence electrons. The average Bonchev–Trinajstić information content (AvgIpc) is 3.47. The zero-order valence-electron chi connectivity index (χ0n) is 18.5. The van der Waals surface area contributed by atoms with E-state index in [9.17, 15) is 9.59 Å². The van der Waals surface area contributed by atoms with Crippen molar-refractivity contribution in [2.75, 3.05) is 4.90 Å². The minimum atomic E-state index is -0.384. The monoisotopic (exact) mass is 541 g/mol. The molecule has 0 saturated carbocycles. The van der Waals surface area contributed by atoms with Gasteiger partial charge in [0, 0.05) is 18.7 Å². The first-order chi connectivity index (χ1) is 16.8. The van der Waals surface area contributed by atoms with E-state index in [0.717, 1.165) is 11.8 Å². The van der Waals surface area contributed by atoms with E-state index in [1.807, 2.05) is 30.3 Å². The van der Waals surface area contributed by atoms with Gasteiger partial charge in [0.1, 0.15) is 17.2 Å². The molecule has 0 radical (unpaired) electrons. The lowest BCUT2D eigenvalue weighted by molar-refractivity contribution is -0.113. The number of carbonyl (C=O) groups is 1. The highest BCUT2D eigenvalue weighted by atomic mass is 35.5. The van der Waals surface area contributed by atoms with Gasteiger partial charge >= 0.3 is 0 Å². The first-order valence-electron chi connectivity index (χ1n) is 10.4. The fourth-order valence-corrected chi connectivity index (χ4v) is 5.52. The first-order valence-corrected chi connectivity index (χ1v) is 12.4. The van der Waals surface area contributed by atoms with E-state index in [-0.39, 0.29) is 21.5 Å². The number of hydrogen-bond acceptors (Lipinski definition) is 5. The van der Waals surface area contributed by atoms with Gasteiger partial charge in [-0.2, -0.15) is 0 Å². The summed E-state index contributed by atoms with van der Waals surface area (Å²) in [6.45, 7) is 1.78. The minimum absolute atomic E-state index is 0.230. The molecule has 1 amide bonds. The third-order valence-electron chi connectivity index (χ3n) is 5.66. The molecule has 0 N–H and O–H groups in total. The molecule has 0 bridgehead atoms. The Balaban J connectivity index is 1.50. The predicted molar refractivity (Wildman–Crippen MR) is 146 cm³/mol. The highest BCUT2D eigenvalue weighted by molar-refractivity contribution is 8.27. The Morgan fingerprint density at radius 2 is 1.74 bits per heavy atom. The van der Waals surface area contributed by atoms with Crippen LogP contribution in [0.15, 0.2) is 74.8 Å². The summed E-state index contributed by atoms with van der Waals surface area (Å²) in [7, 11) is 1.77. The number of hydrogen-bond donors (Lipinski definition) is 0. The summed E-state index contributed by atoms with van der Waals surface area (Å²) in [6, 6.07) is 18.0. The number of rotatable bonds is 4. The highest BCUT2D eigenvalue weighted by Gasteiger charge is 2.38. The van der Waals surface area contributed by atoms with Crippen molar-refractivity contribution in [2.45, 2.75) is 6.92 Å². The molecule has 2 aromatic carbocycles. The van der Waals surface area contributed by atoms with Crippen LogP contribution in [-0.2, 0) is 11.8 Å². The molecule has 1 aliphatic heterocycles. The number of amides is 1. The minimum Gasteiger partial charge on any atom is -0.457 e. The normalized spacial score (nSPS) is 15.0. The van der Waals surface area contributed by atoms with Crippen LogP contribution >= 0.6 is 47.2 Å². The Morgan fingerprint density at radius 1 is 1.00 bits per heavy atom. The smallest absolute Gasteiger partial charge is 0.296 e. The van der Waals surface area contributed by atoms with Gasteiger partial charge in [-0.15, -0.1) is 0 Å². The summed E-state index contributed by atoms with van der Waals surface area (Å²) >= 11 is 19.0. The zero-order chi connectivity index (χ0) is 24.9. The lowest BCUT2D eigenvalue weighted by Gasteiger charge is -2.12. The Hall–Kier alpha value is -3.04. The van der Waals surface area contributed by atoms with E-state index in [0.29, 0.717) is 43.4 Å². The second kappa shape index (κ2) is 9.20. The molecule has 0 spiro atoms. The highest BCUT2D eigenvalue weighted by Crippen LogP contribution is 2.38. The maximum atomic E-state index is 13.4. The molecule has 4 aromatic rings. The topological polar surface area (TPSA) is 60.4 Å². The lowest BCUT2D eigenvalue weighted by atomic mass is 10.2. The van der Waals surface area contributed by atoms with Crippen molar-refractivity contribution in [1.29, 1.82) is 0 Å². The molecule has 1 fully saturated rings. The third-order valence-corrected chi connectivity index (χ3v) is 7.78. The Kier molecular flexibility index (Phi) is 6.23. The van der Waals surface area contributed by atoms with E-state index in [1.54, 1.807) is 55.1 Å². The SMILES string of the molecule is Cc1c(N2C(=O)/C(=C/c3ccc(-c4cccc(Cl)c4Cl)o3)SC2=S)c(=O)n(-c2ccccc2)n1C. The van der Waals surface area contributed by atoms with Crippen LogP contribution in [0.4, 0.5) is 5.69 Å². The van der Waals surface area contributed by atoms with Crippen LogP contribution < -0.4 is 10.5 Å². The summed E-state index contributed by atoms with van der Waals surface area (Å²) < 4.78 is 9.40. The second-order valence-corrected chi connectivity index (χ2v) is 10.2. The molecule has 0 unspecified atom stereocenters. The number of aromatic nitrogens is 2. The number of halogens is 2. The van der Waals surface area contributed by atoms with Crippen molar-refractivity contribution in [2.24, 2.45) is 7.05 Å². The number of benzene rings is 2. The Bertz CT molecular complexity index is 1590. The van der Waals surface area contributed by atoms with E-state index in [2.05, 4.69) is 0 Å². The Morgan fingerprint density at radius 3 is 2.49 bits per heavy atom. The van der Waals surface area contributed by atoms with Gasteiger partial charge in [0.25, 0.3) is 11.5 Å². The van der Waals surface area contributed by atoms with Gasteiger partial charge in [0.15, 0.2) is 4.32 Å². The average molecular weight is 542 g/mol. The molecule has 1 aliphatic rings. The molecular weight excluding hydrogens is 525 g/mol. The predicted octanol–water partition coefficient (Wildman–Crippen LogP) is 6.46. The molecule has 2 aromatic heterocycles. The molecule has 0 aliphatic carbocycles. The van der Waals surface area contributed by atoms with Crippen LogP contribution in [0.1, 0.15) is 11.5 Å². The van der Waals surface area contributed by atoms with E-state index < -0.39 is 0 Å². The van der Waals surface area contributed by atoms with Crippen LogP contribution in [0.3, 0.4) is 0 Å². The zero-order valence-corrected chi connectivity index (χ0v) is 21.6. The summed E-state index contributed by atoms with van der Waals surface area (Å²) in [5.41, 5.74) is 1.86. The van der Waals surface area contributed by atoms with Gasteiger partial charge in [-0.1, -0.05) is 71.4 Å². The fourth-order valence-electron chi connectivity index (χ4n) is 3.87. The van der Waals surface area contributed by atoms with Gasteiger partial charge in [-0.3, -0.25) is 19.2 Å². The Labute approximate surface area is 220 Å². The van der Waals surface area contributed by atoms with Crippen LogP contribution in [0.2, 0.25) is 10.0 Å². The first kappa shape index (κ1) is 23.7. The van der Waals surface area contributed by atoms with Crippen LogP contribution in [0.5, 0.6) is 0 Å². The number of anilines is 1. The van der Waals surface area contributed by atoms with Gasteiger partial charge in [-0.25, -0.2) is 4.68 Å². The van der Waals surface area contributed by atoms with E-state index in [4.69, 9.17) is 39.8 Å². The number of carbonyl (C=O) groups excluding carboxylic acids is 1. The quantitative estimate of drug-likeness (QED) is 0.219. The van der Waals surface area contributed by atoms with Crippen molar-refractivity contribution < 1.29 is 9.21 Å². The number of furan rings is 1. The van der Waals surface area contributed by atoms with Crippen LogP contribution in [-0.4, -0.2) is 19.6 Å². The molecule has 6 nitrogen and oxygen atoms in total. The number of thiocarbonyl (C=S) groups is 1. The molecule has 35 heavy (non-hydrogen) atoms. The van der Waals surface area contributed by atoms with Crippen molar-refractivity contribution in [3.63, 3.8) is 0 Å². The molecule has 0 atom stereocenters. The van der Waals surface area contributed by atoms with Crippen LogP contribution in [0, 0.1) is 6.92 Å². The molecule has 5 rings (SSSR count). The van der Waals surface area contributed by atoms with Gasteiger partial charge in [0.05, 0.1) is 26.3 Å². The molecular formula is C25H17Cl2N3O3S2. The summed E-state index contributed by atoms with van der Waals surface area (Å²) in [5.74, 6) is 0.580. The largest absolute Gasteiger partial charge is 0.457 e. The maximum Gasteiger partial charge on any atom is 0.296 e. The van der Waals surface area contributed by atoms with Crippen molar-refractivity contribution in [3.8, 4) is 17.0 Å². The van der Waals surface area contributed by atoms with E-state index in [1.165, 1.54) is 9.58 Å². The molecule has 10 heteroatoms. The van der Waals surface area contributed by atoms with Crippen molar-refractivity contribution in [1.82, 2.24) is 9.36 Å². The number of thioether (sulfide) groups is 1. The maximum absolute atomic E-state index is 13.4. The summed E-state index contributed by atoms with van der Waals surface area (Å²) in [4.78, 5) is 28.4. The number of para-hydroxylation sites is 1. The lowest BCUT2D eigenvalue weighted by Crippen LogP contribution is -2.33. The summed E-state index contributed by atoms with van der Waals surface area (Å²) in [5, 5.41) is 0.804.